The van der Waals surface area contributed by atoms with Crippen LogP contribution in [0.15, 0.2) is 66.7 Å². The lowest BCUT2D eigenvalue weighted by Crippen LogP contribution is -2.49. The molecule has 27 heavy (non-hydrogen) atoms. The van der Waals surface area contributed by atoms with Crippen LogP contribution in [-0.4, -0.2) is 23.8 Å². The fourth-order valence-electron chi connectivity index (χ4n) is 3.27. The van der Waals surface area contributed by atoms with Gasteiger partial charge >= 0.3 is 7.48 Å². The summed E-state index contributed by atoms with van der Waals surface area (Å²) in [4.78, 5) is 0. The van der Waals surface area contributed by atoms with E-state index in [2.05, 4.69) is 66.7 Å². The van der Waals surface area contributed by atoms with Gasteiger partial charge in [0.15, 0.2) is 0 Å². The second-order valence-corrected chi connectivity index (χ2v) is 8.23. The maximum absolute atomic E-state index is 10.3. The predicted octanol–water partition coefficient (Wildman–Crippen LogP) is 4.96. The zero-order valence-electron chi connectivity index (χ0n) is 16.3. The molecule has 0 aliphatic rings. The van der Waals surface area contributed by atoms with E-state index in [0.29, 0.717) is 0 Å². The summed E-state index contributed by atoms with van der Waals surface area (Å²) in [5.74, 6) is 0. The molecule has 0 aliphatic carbocycles. The van der Waals surface area contributed by atoms with Gasteiger partial charge in [-0.3, -0.25) is 0 Å². The van der Waals surface area contributed by atoms with E-state index in [9.17, 15) is 5.11 Å². The molecular formula is C24H24BO2. The highest BCUT2D eigenvalue weighted by Crippen LogP contribution is 2.31. The number of hydrogen-bond acceptors (Lipinski definition) is 2. The number of benzene rings is 4. The average Bonchev–Trinajstić information content (AvgIpc) is 2.65. The van der Waals surface area contributed by atoms with Gasteiger partial charge in [0.1, 0.15) is 0 Å². The van der Waals surface area contributed by atoms with Crippen LogP contribution in [0, 0.1) is 0 Å². The zero-order chi connectivity index (χ0) is 19.2. The summed E-state index contributed by atoms with van der Waals surface area (Å²) in [6, 6.07) is 23.6. The van der Waals surface area contributed by atoms with Gasteiger partial charge in [-0.15, -0.1) is 0 Å². The van der Waals surface area contributed by atoms with Crippen molar-refractivity contribution in [2.24, 2.45) is 0 Å². The predicted molar refractivity (Wildman–Crippen MR) is 116 cm³/mol. The van der Waals surface area contributed by atoms with Crippen LogP contribution in [0.4, 0.5) is 0 Å². The monoisotopic (exact) mass is 355 g/mol. The van der Waals surface area contributed by atoms with Crippen molar-refractivity contribution in [3.63, 3.8) is 0 Å². The maximum Gasteiger partial charge on any atom is 0.330 e. The molecule has 1 N–H and O–H groups in total. The van der Waals surface area contributed by atoms with Crippen LogP contribution >= 0.6 is 0 Å². The standard InChI is InChI=1S/C24H24BO2/c1-23(2,26)24(3,4)27-25-18-12-9-17-11-13-20-19-8-6-5-7-16(19)10-14-21(20)22(17)15-18/h5-15,26H,1-4H3. The first-order valence-corrected chi connectivity index (χ1v) is 9.34. The van der Waals surface area contributed by atoms with E-state index in [1.54, 1.807) is 21.3 Å². The topological polar surface area (TPSA) is 29.5 Å². The number of hydrogen-bond donors (Lipinski definition) is 1. The van der Waals surface area contributed by atoms with Gasteiger partial charge in [0.2, 0.25) is 0 Å². The Morgan fingerprint density at radius 3 is 2.00 bits per heavy atom. The summed E-state index contributed by atoms with van der Waals surface area (Å²) in [5.41, 5.74) is -0.636. The first-order chi connectivity index (χ1) is 12.8. The lowest BCUT2D eigenvalue weighted by atomic mass is 9.81. The second kappa shape index (κ2) is 6.37. The quantitative estimate of drug-likeness (QED) is 0.414. The van der Waals surface area contributed by atoms with Crippen molar-refractivity contribution in [1.29, 1.82) is 0 Å². The molecule has 135 valence electrons. The minimum atomic E-state index is -0.939. The molecule has 0 aliphatic heterocycles. The lowest BCUT2D eigenvalue weighted by Gasteiger charge is -2.37. The smallest absolute Gasteiger partial charge is 0.330 e. The summed E-state index contributed by atoms with van der Waals surface area (Å²) < 4.78 is 5.94. The highest BCUT2D eigenvalue weighted by Gasteiger charge is 2.35. The first-order valence-electron chi connectivity index (χ1n) is 9.34. The van der Waals surface area contributed by atoms with Gasteiger partial charge in [-0.1, -0.05) is 72.2 Å². The molecule has 0 saturated carbocycles. The Morgan fingerprint density at radius 1 is 0.704 bits per heavy atom. The van der Waals surface area contributed by atoms with Gasteiger partial charge in [-0.05, 0) is 60.0 Å². The Kier molecular flexibility index (Phi) is 4.25. The SMILES string of the molecule is CC(C)(O)C(C)(C)O[B]c1ccc2ccc3c4ccccc4ccc3c2c1. The lowest BCUT2D eigenvalue weighted by molar-refractivity contribution is -0.0893. The first kappa shape index (κ1) is 18.0. The Hall–Kier alpha value is -2.36. The maximum atomic E-state index is 10.3. The summed E-state index contributed by atoms with van der Waals surface area (Å²) in [5, 5.41) is 17.7. The largest absolute Gasteiger partial charge is 0.427 e. The highest BCUT2D eigenvalue weighted by molar-refractivity contribution is 6.47. The van der Waals surface area contributed by atoms with E-state index in [4.69, 9.17) is 4.65 Å². The van der Waals surface area contributed by atoms with Crippen LogP contribution in [0.25, 0.3) is 32.3 Å². The highest BCUT2D eigenvalue weighted by atomic mass is 16.5. The molecule has 0 heterocycles. The molecule has 0 atom stereocenters. The third kappa shape index (κ3) is 3.22. The molecule has 2 nitrogen and oxygen atoms in total. The summed E-state index contributed by atoms with van der Waals surface area (Å²) in [7, 11) is 1.75. The van der Waals surface area contributed by atoms with Gasteiger partial charge in [0.25, 0.3) is 0 Å². The molecule has 0 saturated heterocycles. The van der Waals surface area contributed by atoms with Gasteiger partial charge in [-0.25, -0.2) is 0 Å². The van der Waals surface area contributed by atoms with Gasteiger partial charge in [-0.2, -0.15) is 0 Å². The summed E-state index contributed by atoms with van der Waals surface area (Å²) in [6.45, 7) is 7.32. The number of rotatable bonds is 4. The van der Waals surface area contributed by atoms with Crippen LogP contribution in [0.1, 0.15) is 27.7 Å². The second-order valence-electron chi connectivity index (χ2n) is 8.23. The molecule has 4 aromatic rings. The average molecular weight is 355 g/mol. The fourth-order valence-corrected chi connectivity index (χ4v) is 3.27. The van der Waals surface area contributed by atoms with Crippen molar-refractivity contribution in [3.05, 3.63) is 66.7 Å². The van der Waals surface area contributed by atoms with Crippen molar-refractivity contribution in [2.75, 3.05) is 0 Å². The van der Waals surface area contributed by atoms with Crippen LogP contribution in [0.3, 0.4) is 0 Å². The molecule has 3 heteroatoms. The van der Waals surface area contributed by atoms with Crippen molar-refractivity contribution < 1.29 is 9.76 Å². The molecular weight excluding hydrogens is 331 g/mol. The minimum Gasteiger partial charge on any atom is -0.427 e. The minimum absolute atomic E-state index is 0.684. The van der Waals surface area contributed by atoms with Crippen molar-refractivity contribution >= 4 is 45.3 Å². The Labute approximate surface area is 161 Å². The Morgan fingerprint density at radius 2 is 1.30 bits per heavy atom. The van der Waals surface area contributed by atoms with Crippen LogP contribution < -0.4 is 5.46 Å². The molecule has 4 aromatic carbocycles. The molecule has 0 spiro atoms. The molecule has 4 rings (SSSR count). The van der Waals surface area contributed by atoms with Crippen LogP contribution in [0.2, 0.25) is 0 Å². The Balaban J connectivity index is 1.79. The van der Waals surface area contributed by atoms with E-state index < -0.39 is 11.2 Å². The van der Waals surface area contributed by atoms with Crippen molar-refractivity contribution in [2.45, 2.75) is 38.9 Å². The van der Waals surface area contributed by atoms with Gasteiger partial charge in [0, 0.05) is 0 Å². The summed E-state index contributed by atoms with van der Waals surface area (Å²) >= 11 is 0. The van der Waals surface area contributed by atoms with Crippen molar-refractivity contribution in [3.8, 4) is 0 Å². The summed E-state index contributed by atoms with van der Waals surface area (Å²) in [6.07, 6.45) is 0. The van der Waals surface area contributed by atoms with E-state index in [1.807, 2.05) is 13.8 Å². The van der Waals surface area contributed by atoms with Crippen LogP contribution in [0.5, 0.6) is 0 Å². The molecule has 0 unspecified atom stereocenters. The van der Waals surface area contributed by atoms with Crippen molar-refractivity contribution in [1.82, 2.24) is 0 Å². The van der Waals surface area contributed by atoms with E-state index in [1.165, 1.54) is 32.3 Å². The van der Waals surface area contributed by atoms with E-state index in [-0.39, 0.29) is 0 Å². The molecule has 1 radical (unpaired) electrons. The molecule has 0 bridgehead atoms. The number of aliphatic hydroxyl groups is 1. The van der Waals surface area contributed by atoms with Gasteiger partial charge < -0.3 is 9.76 Å². The number of fused-ring (bicyclic) bond motifs is 5. The molecule has 0 fully saturated rings. The van der Waals surface area contributed by atoms with Crippen LogP contribution in [-0.2, 0) is 4.65 Å². The fraction of sp³-hybridized carbons (Fsp3) is 0.250. The Bertz CT molecular complexity index is 1140. The zero-order valence-corrected chi connectivity index (χ0v) is 16.3. The van der Waals surface area contributed by atoms with E-state index in [0.717, 1.165) is 5.46 Å². The van der Waals surface area contributed by atoms with Gasteiger partial charge in [0.05, 0.1) is 11.2 Å². The molecule has 0 amide bonds. The molecule has 0 aromatic heterocycles. The third-order valence-corrected chi connectivity index (χ3v) is 5.73. The normalized spacial score (nSPS) is 12.8. The third-order valence-electron chi connectivity index (χ3n) is 5.73. The van der Waals surface area contributed by atoms with E-state index >= 15 is 0 Å².